The first-order chi connectivity index (χ1) is 7.69. The molecular weight excluding hydrogens is 220 g/mol. The predicted octanol–water partition coefficient (Wildman–Crippen LogP) is 1.63. The number of piperidine rings is 1. The number of nitrogens with one attached hydrogen (secondary N) is 2. The fourth-order valence-electron chi connectivity index (χ4n) is 2.15. The largest absolute Gasteiger partial charge is 0.351 e. The van der Waals surface area contributed by atoms with Crippen LogP contribution in [-0.4, -0.2) is 36.5 Å². The van der Waals surface area contributed by atoms with E-state index in [1.165, 1.54) is 6.42 Å². The highest BCUT2D eigenvalue weighted by Crippen LogP contribution is 2.16. The monoisotopic (exact) mass is 244 g/mol. The van der Waals surface area contributed by atoms with Crippen LogP contribution in [0.3, 0.4) is 0 Å². The summed E-state index contributed by atoms with van der Waals surface area (Å²) in [5.41, 5.74) is 0. The van der Waals surface area contributed by atoms with Crippen LogP contribution in [0.2, 0.25) is 0 Å². The third kappa shape index (κ3) is 3.98. The molecule has 0 aromatic heterocycles. The number of amides is 1. The average molecular weight is 244 g/mol. The molecule has 3 atom stereocenters. The maximum absolute atomic E-state index is 12.1. The molecule has 3 unspecified atom stereocenters. The van der Waals surface area contributed by atoms with Crippen LogP contribution in [0.1, 0.15) is 33.1 Å². The summed E-state index contributed by atoms with van der Waals surface area (Å²) in [7, 11) is 0. The summed E-state index contributed by atoms with van der Waals surface area (Å²) in [5.74, 6) is 1.65. The van der Waals surface area contributed by atoms with E-state index in [-0.39, 0.29) is 11.9 Å². The van der Waals surface area contributed by atoms with Gasteiger partial charge in [-0.25, -0.2) is 0 Å². The van der Waals surface area contributed by atoms with Crippen molar-refractivity contribution in [3.05, 3.63) is 0 Å². The van der Waals surface area contributed by atoms with Crippen molar-refractivity contribution in [3.63, 3.8) is 0 Å². The molecule has 1 aliphatic heterocycles. The van der Waals surface area contributed by atoms with Crippen molar-refractivity contribution >= 4 is 17.7 Å². The highest BCUT2D eigenvalue weighted by atomic mass is 32.2. The zero-order valence-corrected chi connectivity index (χ0v) is 11.4. The van der Waals surface area contributed by atoms with Crippen molar-refractivity contribution in [1.82, 2.24) is 10.6 Å². The minimum Gasteiger partial charge on any atom is -0.351 e. The number of rotatable bonds is 5. The van der Waals surface area contributed by atoms with Gasteiger partial charge < -0.3 is 10.6 Å². The molecule has 16 heavy (non-hydrogen) atoms. The Balaban J connectivity index is 2.42. The van der Waals surface area contributed by atoms with Crippen molar-refractivity contribution in [2.24, 2.45) is 5.92 Å². The first-order valence-electron chi connectivity index (χ1n) is 6.21. The lowest BCUT2D eigenvalue weighted by Crippen LogP contribution is -2.53. The lowest BCUT2D eigenvalue weighted by Gasteiger charge is -2.30. The number of hydrogen-bond donors (Lipinski definition) is 2. The predicted molar refractivity (Wildman–Crippen MR) is 70.8 cm³/mol. The molecule has 2 N–H and O–H groups in total. The van der Waals surface area contributed by atoms with Crippen molar-refractivity contribution < 1.29 is 4.79 Å². The Bertz CT molecular complexity index is 223. The maximum atomic E-state index is 12.1. The number of thioether (sulfide) groups is 1. The van der Waals surface area contributed by atoms with Crippen LogP contribution < -0.4 is 10.6 Å². The summed E-state index contributed by atoms with van der Waals surface area (Å²) in [6.07, 6.45) is 5.43. The van der Waals surface area contributed by atoms with E-state index in [0.717, 1.165) is 25.1 Å². The SMILES string of the molecule is CCC(CSC)NC(=O)C1NCCCC1C. The molecule has 1 rings (SSSR count). The molecule has 0 saturated carbocycles. The molecule has 0 aromatic carbocycles. The van der Waals surface area contributed by atoms with Gasteiger partial charge in [0, 0.05) is 11.8 Å². The van der Waals surface area contributed by atoms with Gasteiger partial charge in [0.1, 0.15) is 0 Å². The van der Waals surface area contributed by atoms with Gasteiger partial charge in [0.25, 0.3) is 0 Å². The molecule has 1 fully saturated rings. The van der Waals surface area contributed by atoms with Crippen LogP contribution in [-0.2, 0) is 4.79 Å². The normalized spacial score (nSPS) is 27.4. The molecule has 0 spiro atoms. The van der Waals surface area contributed by atoms with Crippen LogP contribution in [0, 0.1) is 5.92 Å². The van der Waals surface area contributed by atoms with Crippen molar-refractivity contribution in [1.29, 1.82) is 0 Å². The van der Waals surface area contributed by atoms with E-state index in [2.05, 4.69) is 30.7 Å². The molecule has 1 aliphatic rings. The van der Waals surface area contributed by atoms with Crippen LogP contribution >= 0.6 is 11.8 Å². The summed E-state index contributed by atoms with van der Waals surface area (Å²) in [6, 6.07) is 0.336. The molecule has 0 radical (unpaired) electrons. The van der Waals surface area contributed by atoms with Crippen LogP contribution in [0.5, 0.6) is 0 Å². The van der Waals surface area contributed by atoms with E-state index in [9.17, 15) is 4.79 Å². The van der Waals surface area contributed by atoms with Crippen molar-refractivity contribution in [2.45, 2.75) is 45.2 Å². The molecule has 0 aliphatic carbocycles. The summed E-state index contributed by atoms with van der Waals surface area (Å²) in [4.78, 5) is 12.1. The van der Waals surface area contributed by atoms with E-state index in [1.54, 1.807) is 11.8 Å². The third-order valence-corrected chi connectivity index (χ3v) is 3.99. The van der Waals surface area contributed by atoms with E-state index >= 15 is 0 Å². The van der Waals surface area contributed by atoms with E-state index in [0.29, 0.717) is 12.0 Å². The van der Waals surface area contributed by atoms with Gasteiger partial charge in [-0.3, -0.25) is 4.79 Å². The number of carbonyl (C=O) groups is 1. The van der Waals surface area contributed by atoms with E-state index in [4.69, 9.17) is 0 Å². The zero-order valence-electron chi connectivity index (χ0n) is 10.6. The van der Waals surface area contributed by atoms with Gasteiger partial charge in [0.05, 0.1) is 6.04 Å². The first kappa shape index (κ1) is 13.8. The molecule has 0 bridgehead atoms. The quantitative estimate of drug-likeness (QED) is 0.772. The number of carbonyl (C=O) groups excluding carboxylic acids is 1. The Hall–Kier alpha value is -0.220. The Morgan fingerprint density at radius 1 is 1.62 bits per heavy atom. The van der Waals surface area contributed by atoms with Gasteiger partial charge in [-0.2, -0.15) is 11.8 Å². The highest BCUT2D eigenvalue weighted by molar-refractivity contribution is 7.98. The molecule has 94 valence electrons. The maximum Gasteiger partial charge on any atom is 0.237 e. The van der Waals surface area contributed by atoms with E-state index in [1.807, 2.05) is 0 Å². The van der Waals surface area contributed by atoms with Gasteiger partial charge in [-0.15, -0.1) is 0 Å². The lowest BCUT2D eigenvalue weighted by atomic mass is 9.92. The summed E-state index contributed by atoms with van der Waals surface area (Å²) in [5, 5.41) is 6.47. The molecule has 4 heteroatoms. The Labute approximate surface area is 103 Å². The Morgan fingerprint density at radius 2 is 2.38 bits per heavy atom. The van der Waals surface area contributed by atoms with Crippen LogP contribution in [0.4, 0.5) is 0 Å². The van der Waals surface area contributed by atoms with Crippen LogP contribution in [0.15, 0.2) is 0 Å². The van der Waals surface area contributed by atoms with Crippen molar-refractivity contribution in [2.75, 3.05) is 18.6 Å². The van der Waals surface area contributed by atoms with Gasteiger partial charge in [-0.1, -0.05) is 13.8 Å². The molecule has 3 nitrogen and oxygen atoms in total. The molecule has 0 aromatic rings. The zero-order chi connectivity index (χ0) is 12.0. The molecule has 1 saturated heterocycles. The number of hydrogen-bond acceptors (Lipinski definition) is 3. The smallest absolute Gasteiger partial charge is 0.237 e. The molecule has 1 amide bonds. The fourth-order valence-corrected chi connectivity index (χ4v) is 2.88. The summed E-state index contributed by atoms with van der Waals surface area (Å²) in [6.45, 7) is 5.26. The third-order valence-electron chi connectivity index (χ3n) is 3.26. The minimum absolute atomic E-state index is 0.0182. The standard InChI is InChI=1S/C12H24N2OS/c1-4-10(8-16-3)14-12(15)11-9(2)6-5-7-13-11/h9-11,13H,4-8H2,1-3H3,(H,14,15). The van der Waals surface area contributed by atoms with Crippen molar-refractivity contribution in [3.8, 4) is 0 Å². The summed E-state index contributed by atoms with van der Waals surface area (Å²) < 4.78 is 0. The van der Waals surface area contributed by atoms with Gasteiger partial charge in [0.15, 0.2) is 0 Å². The Morgan fingerprint density at radius 3 is 2.94 bits per heavy atom. The molecular formula is C12H24N2OS. The lowest BCUT2D eigenvalue weighted by molar-refractivity contribution is -0.125. The average Bonchev–Trinajstić information content (AvgIpc) is 2.28. The second-order valence-corrected chi connectivity index (χ2v) is 5.53. The fraction of sp³-hybridized carbons (Fsp3) is 0.917. The summed E-state index contributed by atoms with van der Waals surface area (Å²) >= 11 is 1.79. The first-order valence-corrected chi connectivity index (χ1v) is 7.61. The van der Waals surface area contributed by atoms with Gasteiger partial charge in [-0.05, 0) is 38.0 Å². The van der Waals surface area contributed by atoms with Crippen LogP contribution in [0.25, 0.3) is 0 Å². The van der Waals surface area contributed by atoms with Gasteiger partial charge in [0.2, 0.25) is 5.91 Å². The Kier molecular flexibility index (Phi) is 6.21. The molecule has 1 heterocycles. The second kappa shape index (κ2) is 7.17. The minimum atomic E-state index is 0.0182. The van der Waals surface area contributed by atoms with Gasteiger partial charge >= 0.3 is 0 Å². The van der Waals surface area contributed by atoms with E-state index < -0.39 is 0 Å². The second-order valence-electron chi connectivity index (χ2n) is 4.62. The topological polar surface area (TPSA) is 41.1 Å². The highest BCUT2D eigenvalue weighted by Gasteiger charge is 2.28.